The molecule has 198 valence electrons. The zero-order chi connectivity index (χ0) is 26.2. The number of likely N-dealkylation sites (tertiary alicyclic amines) is 1. The van der Waals surface area contributed by atoms with Gasteiger partial charge in [0.05, 0.1) is 0 Å². The van der Waals surface area contributed by atoms with Crippen LogP contribution in [0.25, 0.3) is 0 Å². The van der Waals surface area contributed by atoms with Crippen molar-refractivity contribution in [3.63, 3.8) is 0 Å². The van der Waals surface area contributed by atoms with Crippen molar-refractivity contribution in [1.82, 2.24) is 9.80 Å². The molecule has 1 amide bonds. The molecule has 0 aliphatic carbocycles. The summed E-state index contributed by atoms with van der Waals surface area (Å²) in [6.45, 7) is 14.9. The molecule has 0 aromatic carbocycles. The molecule has 1 atom stereocenters. The Bertz CT molecular complexity index is 790. The van der Waals surface area contributed by atoms with Gasteiger partial charge in [-0.05, 0) is 120 Å². The summed E-state index contributed by atoms with van der Waals surface area (Å²) < 4.78 is 0. The van der Waals surface area contributed by atoms with E-state index in [1.54, 1.807) is 0 Å². The normalized spacial score (nSPS) is 18.3. The number of hydrogen-bond donors (Lipinski definition) is 0. The molecular weight excluding hydrogens is 428 g/mol. The highest BCUT2D eigenvalue weighted by Crippen LogP contribution is 2.17. The maximum Gasteiger partial charge on any atom is 0.246 e. The number of likely N-dealkylation sites (N-methyl/N-ethyl adjacent to an activating group) is 1. The second-order valence-electron chi connectivity index (χ2n) is 11.1. The number of nitrogens with zero attached hydrogens (tertiary/aromatic N) is 2. The van der Waals surface area contributed by atoms with Gasteiger partial charge in [-0.2, -0.15) is 0 Å². The van der Waals surface area contributed by atoms with Crippen LogP contribution in [0.2, 0.25) is 0 Å². The van der Waals surface area contributed by atoms with Gasteiger partial charge in [0, 0.05) is 25.2 Å². The fraction of sp³-hybridized carbons (Fsp3) is 0.656. The van der Waals surface area contributed by atoms with Gasteiger partial charge in [-0.15, -0.1) is 0 Å². The van der Waals surface area contributed by atoms with Crippen molar-refractivity contribution in [3.05, 3.63) is 58.2 Å². The Labute approximate surface area is 217 Å². The highest BCUT2D eigenvalue weighted by Gasteiger charge is 2.23. The lowest BCUT2D eigenvalue weighted by Crippen LogP contribution is -2.47. The SMILES string of the molecule is CC(C)=CCC/C(C)=C/CC/C(C)=C/CC/C(C)=C/CC/C(C)=C/C(=O)N1CCCC(N(C)C)C1. The summed E-state index contributed by atoms with van der Waals surface area (Å²) in [4.78, 5) is 16.9. The molecule has 35 heavy (non-hydrogen) atoms. The molecule has 1 unspecified atom stereocenters. The van der Waals surface area contributed by atoms with Gasteiger partial charge in [0.1, 0.15) is 0 Å². The second kappa shape index (κ2) is 17.5. The Morgan fingerprint density at radius 1 is 0.743 bits per heavy atom. The first kappa shape index (κ1) is 31.2. The third-order valence-corrected chi connectivity index (χ3v) is 6.99. The van der Waals surface area contributed by atoms with Crippen molar-refractivity contribution in [2.45, 2.75) is 112 Å². The number of allylic oxidation sites excluding steroid dienone is 9. The van der Waals surface area contributed by atoms with E-state index < -0.39 is 0 Å². The van der Waals surface area contributed by atoms with Crippen LogP contribution >= 0.6 is 0 Å². The largest absolute Gasteiger partial charge is 0.338 e. The van der Waals surface area contributed by atoms with E-state index in [-0.39, 0.29) is 5.91 Å². The highest BCUT2D eigenvalue weighted by atomic mass is 16.2. The number of carbonyl (C=O) groups excluding carboxylic acids is 1. The van der Waals surface area contributed by atoms with Gasteiger partial charge in [-0.1, -0.05) is 52.2 Å². The van der Waals surface area contributed by atoms with E-state index in [1.165, 1.54) is 40.7 Å². The van der Waals surface area contributed by atoms with Crippen LogP contribution in [0.3, 0.4) is 0 Å². The number of piperidine rings is 1. The van der Waals surface area contributed by atoms with Crippen molar-refractivity contribution in [2.24, 2.45) is 0 Å². The van der Waals surface area contributed by atoms with Gasteiger partial charge in [-0.25, -0.2) is 0 Å². The summed E-state index contributed by atoms with van der Waals surface area (Å²) >= 11 is 0. The van der Waals surface area contributed by atoms with Crippen LogP contribution in [0, 0.1) is 0 Å². The predicted molar refractivity (Wildman–Crippen MR) is 155 cm³/mol. The van der Waals surface area contributed by atoms with E-state index in [1.807, 2.05) is 11.0 Å². The summed E-state index contributed by atoms with van der Waals surface area (Å²) in [7, 11) is 4.22. The minimum absolute atomic E-state index is 0.188. The van der Waals surface area contributed by atoms with Gasteiger partial charge >= 0.3 is 0 Å². The van der Waals surface area contributed by atoms with Crippen molar-refractivity contribution < 1.29 is 4.79 Å². The molecule has 1 aliphatic rings. The van der Waals surface area contributed by atoms with Gasteiger partial charge in [0.25, 0.3) is 0 Å². The molecule has 1 aliphatic heterocycles. The Balaban J connectivity index is 2.31. The maximum absolute atomic E-state index is 12.7. The standard InChI is InChI=1S/C32H54N2O/c1-26(2)14-9-15-27(3)16-10-17-28(4)18-11-19-29(5)20-12-21-30(6)24-32(35)34-23-13-22-31(25-34)33(7)8/h14,16,18,20,24,31H,9-13,15,17,19,21-23,25H2,1-8H3/b27-16+,28-18+,29-20+,30-24+. The topological polar surface area (TPSA) is 23.6 Å². The fourth-order valence-corrected chi connectivity index (χ4v) is 4.48. The van der Waals surface area contributed by atoms with E-state index in [0.717, 1.165) is 64.5 Å². The molecule has 3 heteroatoms. The van der Waals surface area contributed by atoms with Crippen LogP contribution in [-0.2, 0) is 4.79 Å². The lowest BCUT2D eigenvalue weighted by molar-refractivity contribution is -0.127. The van der Waals surface area contributed by atoms with Crippen LogP contribution in [0.4, 0.5) is 0 Å². The van der Waals surface area contributed by atoms with E-state index >= 15 is 0 Å². The van der Waals surface area contributed by atoms with Crippen molar-refractivity contribution >= 4 is 5.91 Å². The summed E-state index contributed by atoms with van der Waals surface area (Å²) in [5, 5.41) is 0. The van der Waals surface area contributed by atoms with Crippen molar-refractivity contribution in [3.8, 4) is 0 Å². The Hall–Kier alpha value is -1.87. The Morgan fingerprint density at radius 2 is 1.20 bits per heavy atom. The predicted octanol–water partition coefficient (Wildman–Crippen LogP) is 8.41. The van der Waals surface area contributed by atoms with Crippen molar-refractivity contribution in [1.29, 1.82) is 0 Å². The third-order valence-electron chi connectivity index (χ3n) is 6.99. The fourth-order valence-electron chi connectivity index (χ4n) is 4.48. The monoisotopic (exact) mass is 482 g/mol. The molecule has 0 radical (unpaired) electrons. The number of amides is 1. The first-order valence-electron chi connectivity index (χ1n) is 13.8. The molecule has 1 heterocycles. The van der Waals surface area contributed by atoms with Crippen LogP contribution in [0.1, 0.15) is 106 Å². The minimum atomic E-state index is 0.188. The Kier molecular flexibility index (Phi) is 15.6. The van der Waals surface area contributed by atoms with Gasteiger partial charge in [0.15, 0.2) is 0 Å². The third kappa shape index (κ3) is 15.0. The van der Waals surface area contributed by atoms with E-state index in [0.29, 0.717) is 6.04 Å². The molecule has 3 nitrogen and oxygen atoms in total. The molecule has 0 aromatic rings. The smallest absolute Gasteiger partial charge is 0.246 e. The molecule has 0 bridgehead atoms. The lowest BCUT2D eigenvalue weighted by Gasteiger charge is -2.35. The molecule has 0 spiro atoms. The molecule has 1 fully saturated rings. The molecule has 0 N–H and O–H groups in total. The van der Waals surface area contributed by atoms with Crippen LogP contribution in [-0.4, -0.2) is 48.9 Å². The zero-order valence-corrected chi connectivity index (χ0v) is 24.3. The summed E-state index contributed by atoms with van der Waals surface area (Å²) in [6.07, 6.45) is 22.5. The van der Waals surface area contributed by atoms with Gasteiger partial charge in [-0.3, -0.25) is 4.79 Å². The first-order chi connectivity index (χ1) is 16.6. The molecular formula is C32H54N2O. The van der Waals surface area contributed by atoms with Gasteiger partial charge in [0.2, 0.25) is 5.91 Å². The average molecular weight is 483 g/mol. The molecule has 0 aromatic heterocycles. The first-order valence-corrected chi connectivity index (χ1v) is 13.8. The summed E-state index contributed by atoms with van der Waals surface area (Å²) in [6, 6.07) is 0.489. The highest BCUT2D eigenvalue weighted by molar-refractivity contribution is 5.88. The summed E-state index contributed by atoms with van der Waals surface area (Å²) in [5.74, 6) is 0.188. The molecule has 1 saturated heterocycles. The van der Waals surface area contributed by atoms with Crippen LogP contribution in [0.15, 0.2) is 58.2 Å². The van der Waals surface area contributed by atoms with E-state index in [2.05, 4.69) is 84.8 Å². The number of hydrogen-bond acceptors (Lipinski definition) is 2. The Morgan fingerprint density at radius 3 is 1.66 bits per heavy atom. The van der Waals surface area contributed by atoms with Crippen molar-refractivity contribution in [2.75, 3.05) is 27.2 Å². The number of rotatable bonds is 14. The van der Waals surface area contributed by atoms with Gasteiger partial charge < -0.3 is 9.80 Å². The average Bonchev–Trinajstić information content (AvgIpc) is 2.78. The molecule has 0 saturated carbocycles. The maximum atomic E-state index is 12.7. The minimum Gasteiger partial charge on any atom is -0.338 e. The molecule has 1 rings (SSSR count). The van der Waals surface area contributed by atoms with E-state index in [4.69, 9.17) is 0 Å². The van der Waals surface area contributed by atoms with E-state index in [9.17, 15) is 4.79 Å². The number of carbonyl (C=O) groups is 1. The zero-order valence-electron chi connectivity index (χ0n) is 24.3. The van der Waals surface area contributed by atoms with Crippen LogP contribution < -0.4 is 0 Å². The lowest BCUT2D eigenvalue weighted by atomic mass is 10.0. The summed E-state index contributed by atoms with van der Waals surface area (Å²) in [5.41, 5.74) is 7.05. The second-order valence-corrected chi connectivity index (χ2v) is 11.1. The quantitative estimate of drug-likeness (QED) is 0.183. The van der Waals surface area contributed by atoms with Crippen LogP contribution in [0.5, 0.6) is 0 Å².